The van der Waals surface area contributed by atoms with E-state index in [9.17, 15) is 9.18 Å². The van der Waals surface area contributed by atoms with Gasteiger partial charge in [0.2, 0.25) is 5.91 Å². The summed E-state index contributed by atoms with van der Waals surface area (Å²) in [5.41, 5.74) is -0.0774. The van der Waals surface area contributed by atoms with Crippen LogP contribution < -0.4 is 5.32 Å². The molecule has 1 atom stereocenters. The molecule has 1 aliphatic rings. The first kappa shape index (κ1) is 13.1. The molecule has 1 unspecified atom stereocenters. The second-order valence-electron chi connectivity index (χ2n) is 5.20. The van der Waals surface area contributed by atoms with E-state index < -0.39 is 5.41 Å². The van der Waals surface area contributed by atoms with Crippen LogP contribution >= 0.6 is 0 Å². The van der Waals surface area contributed by atoms with Gasteiger partial charge in [-0.1, -0.05) is 31.5 Å². The summed E-state index contributed by atoms with van der Waals surface area (Å²) >= 11 is 0. The summed E-state index contributed by atoms with van der Waals surface area (Å²) in [5, 5.41) is 2.99. The van der Waals surface area contributed by atoms with Crippen LogP contribution in [0.25, 0.3) is 0 Å². The van der Waals surface area contributed by atoms with Crippen molar-refractivity contribution in [3.8, 4) is 0 Å². The number of carbonyl (C=O) groups is 1. The molecule has 0 saturated heterocycles. The predicted molar refractivity (Wildman–Crippen MR) is 69.8 cm³/mol. The average Bonchev–Trinajstić information content (AvgIpc) is 2.30. The molecule has 0 aromatic heterocycles. The maximum Gasteiger partial charge on any atom is 0.230 e. The second kappa shape index (κ2) is 5.09. The molecule has 0 radical (unpaired) electrons. The van der Waals surface area contributed by atoms with Crippen LogP contribution in [0.15, 0.2) is 24.3 Å². The SMILES string of the molecule is CCC(C)NC(=O)C1(c2ccccc2F)CCC1. The van der Waals surface area contributed by atoms with Gasteiger partial charge in [-0.15, -0.1) is 0 Å². The van der Waals surface area contributed by atoms with Gasteiger partial charge in [0.25, 0.3) is 0 Å². The van der Waals surface area contributed by atoms with E-state index in [1.165, 1.54) is 6.07 Å². The third-order valence-corrected chi connectivity index (χ3v) is 4.02. The Morgan fingerprint density at radius 2 is 2.11 bits per heavy atom. The highest BCUT2D eigenvalue weighted by atomic mass is 19.1. The zero-order chi connectivity index (χ0) is 13.2. The molecule has 0 bridgehead atoms. The number of carbonyl (C=O) groups excluding carboxylic acids is 1. The van der Waals surface area contributed by atoms with Gasteiger partial charge in [0, 0.05) is 11.6 Å². The largest absolute Gasteiger partial charge is 0.353 e. The van der Waals surface area contributed by atoms with Crippen LogP contribution in [-0.4, -0.2) is 11.9 Å². The number of nitrogens with one attached hydrogen (secondary N) is 1. The first-order chi connectivity index (χ1) is 8.60. The molecule has 98 valence electrons. The second-order valence-corrected chi connectivity index (χ2v) is 5.20. The summed E-state index contributed by atoms with van der Waals surface area (Å²) in [6.07, 6.45) is 3.37. The van der Waals surface area contributed by atoms with E-state index in [4.69, 9.17) is 0 Å². The summed E-state index contributed by atoms with van der Waals surface area (Å²) in [7, 11) is 0. The van der Waals surface area contributed by atoms with Crippen molar-refractivity contribution < 1.29 is 9.18 Å². The van der Waals surface area contributed by atoms with E-state index in [2.05, 4.69) is 5.32 Å². The summed E-state index contributed by atoms with van der Waals surface area (Å²) in [4.78, 5) is 12.4. The molecule has 3 heteroatoms. The molecule has 1 N–H and O–H groups in total. The van der Waals surface area contributed by atoms with Crippen LogP contribution in [0.2, 0.25) is 0 Å². The summed E-state index contributed by atoms with van der Waals surface area (Å²) in [6, 6.07) is 6.78. The van der Waals surface area contributed by atoms with Crippen molar-refractivity contribution in [1.29, 1.82) is 0 Å². The fraction of sp³-hybridized carbons (Fsp3) is 0.533. The Kier molecular flexibility index (Phi) is 3.69. The zero-order valence-corrected chi connectivity index (χ0v) is 11.0. The molecule has 0 heterocycles. The molecule has 1 amide bonds. The summed E-state index contributed by atoms with van der Waals surface area (Å²) in [5.74, 6) is -0.287. The van der Waals surface area contributed by atoms with E-state index in [0.717, 1.165) is 25.7 Å². The van der Waals surface area contributed by atoms with E-state index >= 15 is 0 Å². The van der Waals surface area contributed by atoms with Gasteiger partial charge in [0.05, 0.1) is 5.41 Å². The fourth-order valence-electron chi connectivity index (χ4n) is 2.46. The standard InChI is InChI=1S/C15H20FNO/c1-3-11(2)17-14(18)15(9-6-10-15)12-7-4-5-8-13(12)16/h4-5,7-8,11H,3,6,9-10H2,1-2H3,(H,17,18). The third kappa shape index (κ3) is 2.14. The number of benzene rings is 1. The van der Waals surface area contributed by atoms with Crippen molar-refractivity contribution in [3.05, 3.63) is 35.6 Å². The highest BCUT2D eigenvalue weighted by molar-refractivity contribution is 5.89. The van der Waals surface area contributed by atoms with Crippen molar-refractivity contribution in [1.82, 2.24) is 5.32 Å². The van der Waals surface area contributed by atoms with Crippen molar-refractivity contribution in [2.24, 2.45) is 0 Å². The van der Waals surface area contributed by atoms with Crippen LogP contribution in [0, 0.1) is 5.82 Å². The number of hydrogen-bond donors (Lipinski definition) is 1. The van der Waals surface area contributed by atoms with E-state index in [1.807, 2.05) is 13.8 Å². The highest BCUT2D eigenvalue weighted by Crippen LogP contribution is 2.44. The molecule has 1 fully saturated rings. The zero-order valence-electron chi connectivity index (χ0n) is 11.0. The molecule has 1 aromatic rings. The van der Waals surface area contributed by atoms with Gasteiger partial charge in [-0.2, -0.15) is 0 Å². The lowest BCUT2D eigenvalue weighted by atomic mass is 9.63. The van der Waals surface area contributed by atoms with Gasteiger partial charge in [-0.25, -0.2) is 4.39 Å². The molecule has 0 spiro atoms. The molecular weight excluding hydrogens is 229 g/mol. The van der Waals surface area contributed by atoms with Crippen LogP contribution in [0.4, 0.5) is 4.39 Å². The van der Waals surface area contributed by atoms with Gasteiger partial charge in [-0.05, 0) is 32.3 Å². The van der Waals surface area contributed by atoms with E-state index in [0.29, 0.717) is 5.56 Å². The maximum atomic E-state index is 13.9. The van der Waals surface area contributed by atoms with Crippen LogP contribution in [0.1, 0.15) is 45.1 Å². The Morgan fingerprint density at radius 3 is 2.61 bits per heavy atom. The normalized spacial score (nSPS) is 18.8. The summed E-state index contributed by atoms with van der Waals surface area (Å²) in [6.45, 7) is 4.01. The quantitative estimate of drug-likeness (QED) is 0.872. The Morgan fingerprint density at radius 1 is 1.44 bits per heavy atom. The smallest absolute Gasteiger partial charge is 0.230 e. The Bertz CT molecular complexity index is 440. The van der Waals surface area contributed by atoms with Gasteiger partial charge >= 0.3 is 0 Å². The van der Waals surface area contributed by atoms with Crippen LogP contribution in [0.3, 0.4) is 0 Å². The van der Waals surface area contributed by atoms with Gasteiger partial charge in [-0.3, -0.25) is 4.79 Å². The minimum absolute atomic E-state index is 0.0202. The Balaban J connectivity index is 2.26. The minimum Gasteiger partial charge on any atom is -0.353 e. The molecule has 2 nitrogen and oxygen atoms in total. The van der Waals surface area contributed by atoms with E-state index in [-0.39, 0.29) is 17.8 Å². The number of rotatable bonds is 4. The lowest BCUT2D eigenvalue weighted by molar-refractivity contribution is -0.130. The first-order valence-electron chi connectivity index (χ1n) is 6.66. The summed E-state index contributed by atoms with van der Waals surface area (Å²) < 4.78 is 13.9. The monoisotopic (exact) mass is 249 g/mol. The molecule has 1 saturated carbocycles. The third-order valence-electron chi connectivity index (χ3n) is 4.02. The number of amides is 1. The maximum absolute atomic E-state index is 13.9. The number of halogens is 1. The average molecular weight is 249 g/mol. The Hall–Kier alpha value is -1.38. The predicted octanol–water partition coefficient (Wildman–Crippen LogP) is 3.16. The lowest BCUT2D eigenvalue weighted by Crippen LogP contribution is -2.51. The first-order valence-corrected chi connectivity index (χ1v) is 6.66. The van der Waals surface area contributed by atoms with E-state index in [1.54, 1.807) is 18.2 Å². The van der Waals surface area contributed by atoms with Crippen molar-refractivity contribution >= 4 is 5.91 Å². The highest BCUT2D eigenvalue weighted by Gasteiger charge is 2.47. The topological polar surface area (TPSA) is 29.1 Å². The van der Waals surface area contributed by atoms with Crippen LogP contribution in [-0.2, 0) is 10.2 Å². The molecule has 1 aromatic carbocycles. The minimum atomic E-state index is -0.630. The van der Waals surface area contributed by atoms with Gasteiger partial charge in [0.15, 0.2) is 0 Å². The lowest BCUT2D eigenvalue weighted by Gasteiger charge is -2.41. The molecule has 0 aliphatic heterocycles. The fourth-order valence-corrected chi connectivity index (χ4v) is 2.46. The molecule has 2 rings (SSSR count). The molecular formula is C15H20FNO. The van der Waals surface area contributed by atoms with Crippen molar-refractivity contribution in [3.63, 3.8) is 0 Å². The molecule has 18 heavy (non-hydrogen) atoms. The van der Waals surface area contributed by atoms with Crippen molar-refractivity contribution in [2.45, 2.75) is 51.0 Å². The van der Waals surface area contributed by atoms with Crippen LogP contribution in [0.5, 0.6) is 0 Å². The van der Waals surface area contributed by atoms with Gasteiger partial charge in [0.1, 0.15) is 5.82 Å². The molecule has 1 aliphatic carbocycles. The van der Waals surface area contributed by atoms with Gasteiger partial charge < -0.3 is 5.32 Å². The Labute approximate surface area is 108 Å². The van der Waals surface area contributed by atoms with Crippen molar-refractivity contribution in [2.75, 3.05) is 0 Å². The number of hydrogen-bond acceptors (Lipinski definition) is 1.